The number of aliphatic hydroxyl groups excluding tert-OH is 1. The van der Waals surface area contributed by atoms with Gasteiger partial charge >= 0.3 is 0 Å². The standard InChI is InChI=1S/C11H14ClNO2S/c12-9-4-7-16-10(9)11(15)13(5-6-14)8-2-1-3-8/h4,7-8,14H,1-3,5-6H2. The molecule has 1 fully saturated rings. The molecule has 0 saturated heterocycles. The molecule has 2 rings (SSSR count). The fourth-order valence-corrected chi connectivity index (χ4v) is 2.92. The first-order valence-corrected chi connectivity index (χ1v) is 6.64. The van der Waals surface area contributed by atoms with Crippen molar-refractivity contribution in [2.45, 2.75) is 25.3 Å². The lowest BCUT2D eigenvalue weighted by Gasteiger charge is -2.37. The largest absolute Gasteiger partial charge is 0.395 e. The third-order valence-electron chi connectivity index (χ3n) is 2.93. The first kappa shape index (κ1) is 11.9. The van der Waals surface area contributed by atoms with E-state index in [0.717, 1.165) is 19.3 Å². The molecule has 1 heterocycles. The van der Waals surface area contributed by atoms with E-state index in [1.165, 1.54) is 11.3 Å². The van der Waals surface area contributed by atoms with Gasteiger partial charge in [0.25, 0.3) is 5.91 Å². The summed E-state index contributed by atoms with van der Waals surface area (Å²) in [5, 5.41) is 11.3. The van der Waals surface area contributed by atoms with Crippen LogP contribution < -0.4 is 0 Å². The highest BCUT2D eigenvalue weighted by molar-refractivity contribution is 7.12. The number of hydrogen-bond donors (Lipinski definition) is 1. The zero-order chi connectivity index (χ0) is 11.5. The Morgan fingerprint density at radius 3 is 2.81 bits per heavy atom. The van der Waals surface area contributed by atoms with Crippen LogP contribution >= 0.6 is 22.9 Å². The van der Waals surface area contributed by atoms with Crippen LogP contribution in [0.1, 0.15) is 28.9 Å². The summed E-state index contributed by atoms with van der Waals surface area (Å²) in [6, 6.07) is 2.02. The summed E-state index contributed by atoms with van der Waals surface area (Å²) in [5.41, 5.74) is 0. The van der Waals surface area contributed by atoms with Crippen LogP contribution in [0.15, 0.2) is 11.4 Å². The lowest BCUT2D eigenvalue weighted by Crippen LogP contribution is -2.45. The van der Waals surface area contributed by atoms with Crippen molar-refractivity contribution < 1.29 is 9.90 Å². The van der Waals surface area contributed by atoms with Crippen molar-refractivity contribution in [3.8, 4) is 0 Å². The topological polar surface area (TPSA) is 40.5 Å². The van der Waals surface area contributed by atoms with Gasteiger partial charge in [0, 0.05) is 12.6 Å². The summed E-state index contributed by atoms with van der Waals surface area (Å²) >= 11 is 7.30. The summed E-state index contributed by atoms with van der Waals surface area (Å²) in [4.78, 5) is 14.5. The molecule has 3 nitrogen and oxygen atoms in total. The maximum atomic E-state index is 12.2. The number of nitrogens with zero attached hydrogens (tertiary/aromatic N) is 1. The SMILES string of the molecule is O=C(c1sccc1Cl)N(CCO)C1CCC1. The van der Waals surface area contributed by atoms with Gasteiger partial charge in [0.15, 0.2) is 0 Å². The average Bonchev–Trinajstić information content (AvgIpc) is 2.60. The van der Waals surface area contributed by atoms with Gasteiger partial charge in [-0.15, -0.1) is 11.3 Å². The molecule has 0 aliphatic heterocycles. The van der Waals surface area contributed by atoms with E-state index in [4.69, 9.17) is 16.7 Å². The van der Waals surface area contributed by atoms with Crippen molar-refractivity contribution in [2.24, 2.45) is 0 Å². The first-order valence-electron chi connectivity index (χ1n) is 5.39. The maximum absolute atomic E-state index is 12.2. The van der Waals surface area contributed by atoms with Crippen molar-refractivity contribution in [2.75, 3.05) is 13.2 Å². The molecule has 0 radical (unpaired) electrons. The molecular weight excluding hydrogens is 246 g/mol. The van der Waals surface area contributed by atoms with E-state index in [9.17, 15) is 4.79 Å². The van der Waals surface area contributed by atoms with Crippen LogP contribution in [0.4, 0.5) is 0 Å². The predicted molar refractivity (Wildman–Crippen MR) is 65.1 cm³/mol. The molecule has 5 heteroatoms. The second-order valence-electron chi connectivity index (χ2n) is 3.90. The monoisotopic (exact) mass is 259 g/mol. The lowest BCUT2D eigenvalue weighted by molar-refractivity contribution is 0.0531. The van der Waals surface area contributed by atoms with E-state index in [0.29, 0.717) is 16.4 Å². The number of halogens is 1. The predicted octanol–water partition coefficient (Wildman–Crippen LogP) is 2.39. The normalized spacial score (nSPS) is 15.9. The Hall–Kier alpha value is -0.580. The highest BCUT2D eigenvalue weighted by atomic mass is 35.5. The number of rotatable bonds is 4. The van der Waals surface area contributed by atoms with Gasteiger partial charge in [0.05, 0.1) is 11.6 Å². The zero-order valence-electron chi connectivity index (χ0n) is 8.86. The number of hydrogen-bond acceptors (Lipinski definition) is 3. The maximum Gasteiger partial charge on any atom is 0.265 e. The molecule has 1 aliphatic rings. The van der Waals surface area contributed by atoms with Crippen LogP contribution in [-0.4, -0.2) is 35.1 Å². The molecule has 0 unspecified atom stereocenters. The van der Waals surface area contributed by atoms with E-state index >= 15 is 0 Å². The summed E-state index contributed by atoms with van der Waals surface area (Å²) in [6.45, 7) is 0.406. The van der Waals surface area contributed by atoms with Crippen LogP contribution in [0.5, 0.6) is 0 Å². The fourth-order valence-electron chi connectivity index (χ4n) is 1.83. The summed E-state index contributed by atoms with van der Waals surface area (Å²) < 4.78 is 0. The molecule has 1 saturated carbocycles. The van der Waals surface area contributed by atoms with Gasteiger partial charge in [0.1, 0.15) is 4.88 Å². The van der Waals surface area contributed by atoms with Crippen molar-refractivity contribution in [3.63, 3.8) is 0 Å². The Morgan fingerprint density at radius 1 is 1.62 bits per heavy atom. The minimum absolute atomic E-state index is 0.00519. The smallest absolute Gasteiger partial charge is 0.265 e. The number of thiophene rings is 1. The Kier molecular flexibility index (Phi) is 3.84. The Morgan fingerprint density at radius 2 is 2.38 bits per heavy atom. The Bertz CT molecular complexity index is 376. The molecule has 1 aliphatic carbocycles. The van der Waals surface area contributed by atoms with Gasteiger partial charge in [-0.1, -0.05) is 11.6 Å². The third-order valence-corrected chi connectivity index (χ3v) is 4.26. The zero-order valence-corrected chi connectivity index (χ0v) is 10.4. The Labute approximate surface area is 104 Å². The molecule has 0 spiro atoms. The number of aliphatic hydroxyl groups is 1. The summed E-state index contributed by atoms with van der Waals surface area (Å²) in [5.74, 6) is -0.0428. The van der Waals surface area contributed by atoms with Gasteiger partial charge in [-0.25, -0.2) is 0 Å². The quantitative estimate of drug-likeness (QED) is 0.902. The van der Waals surface area contributed by atoms with E-state index in [-0.39, 0.29) is 18.6 Å². The van der Waals surface area contributed by atoms with Crippen LogP contribution in [0.2, 0.25) is 5.02 Å². The first-order chi connectivity index (χ1) is 7.74. The molecular formula is C11H14ClNO2S. The highest BCUT2D eigenvalue weighted by Crippen LogP contribution is 2.29. The van der Waals surface area contributed by atoms with Crippen molar-refractivity contribution in [1.82, 2.24) is 4.90 Å². The third kappa shape index (κ3) is 2.24. The lowest BCUT2D eigenvalue weighted by atomic mass is 9.91. The van der Waals surface area contributed by atoms with Crippen LogP contribution in [0.3, 0.4) is 0 Å². The van der Waals surface area contributed by atoms with Crippen LogP contribution in [0.25, 0.3) is 0 Å². The van der Waals surface area contributed by atoms with Crippen molar-refractivity contribution in [1.29, 1.82) is 0 Å². The number of carbonyl (C=O) groups excluding carboxylic acids is 1. The summed E-state index contributed by atoms with van der Waals surface area (Å²) in [6.07, 6.45) is 3.24. The molecule has 1 amide bonds. The van der Waals surface area contributed by atoms with Gasteiger partial charge in [0.2, 0.25) is 0 Å². The van der Waals surface area contributed by atoms with E-state index in [2.05, 4.69) is 0 Å². The van der Waals surface area contributed by atoms with Gasteiger partial charge in [-0.2, -0.15) is 0 Å². The minimum Gasteiger partial charge on any atom is -0.395 e. The second-order valence-corrected chi connectivity index (χ2v) is 5.23. The summed E-state index contributed by atoms with van der Waals surface area (Å²) in [7, 11) is 0. The molecule has 0 aromatic carbocycles. The Balaban J connectivity index is 2.13. The van der Waals surface area contributed by atoms with E-state index in [1.54, 1.807) is 11.0 Å². The van der Waals surface area contributed by atoms with Crippen molar-refractivity contribution >= 4 is 28.8 Å². The number of amides is 1. The van der Waals surface area contributed by atoms with Crippen LogP contribution in [0, 0.1) is 0 Å². The molecule has 0 atom stereocenters. The molecule has 16 heavy (non-hydrogen) atoms. The minimum atomic E-state index is -0.0428. The fraction of sp³-hybridized carbons (Fsp3) is 0.545. The van der Waals surface area contributed by atoms with Crippen molar-refractivity contribution in [3.05, 3.63) is 21.3 Å². The van der Waals surface area contributed by atoms with Gasteiger partial charge in [-0.3, -0.25) is 4.79 Å². The van der Waals surface area contributed by atoms with Gasteiger partial charge in [-0.05, 0) is 30.7 Å². The molecule has 1 aromatic heterocycles. The second kappa shape index (κ2) is 5.17. The average molecular weight is 260 g/mol. The highest BCUT2D eigenvalue weighted by Gasteiger charge is 2.30. The van der Waals surface area contributed by atoms with E-state index in [1.807, 2.05) is 5.38 Å². The molecule has 1 N–H and O–H groups in total. The van der Waals surface area contributed by atoms with E-state index < -0.39 is 0 Å². The molecule has 0 bridgehead atoms. The number of carbonyl (C=O) groups is 1. The molecule has 1 aromatic rings. The molecule has 88 valence electrons. The van der Waals surface area contributed by atoms with Gasteiger partial charge < -0.3 is 10.0 Å². The van der Waals surface area contributed by atoms with Crippen LogP contribution in [-0.2, 0) is 0 Å².